The van der Waals surface area contributed by atoms with E-state index in [-0.39, 0.29) is 18.9 Å². The number of nitrogens with one attached hydrogen (secondary N) is 1. The molecule has 1 aromatic heterocycles. The Balaban J connectivity index is 1.43. The number of benzene rings is 1. The van der Waals surface area contributed by atoms with E-state index in [1.54, 1.807) is 0 Å². The second-order valence-electron chi connectivity index (χ2n) is 7.31. The summed E-state index contributed by atoms with van der Waals surface area (Å²) in [6.45, 7) is 5.69. The molecular weight excluding hydrogens is 400 g/mol. The molecule has 1 aliphatic heterocycles. The highest BCUT2D eigenvalue weighted by molar-refractivity contribution is 7.98. The van der Waals surface area contributed by atoms with Crippen molar-refractivity contribution in [2.45, 2.75) is 44.7 Å². The molecule has 1 saturated heterocycles. The Labute approximate surface area is 181 Å². The van der Waals surface area contributed by atoms with Crippen molar-refractivity contribution in [3.63, 3.8) is 0 Å². The average Bonchev–Trinajstić information content (AvgIpc) is 3.27. The third-order valence-corrected chi connectivity index (χ3v) is 5.70. The number of anilines is 2. The number of carbonyl (C=O) groups excluding carboxylic acids is 2. The number of aryl methyl sites for hydroxylation is 2. The van der Waals surface area contributed by atoms with Crippen LogP contribution in [0.2, 0.25) is 0 Å². The number of nitrogens with zero attached hydrogens (tertiary/aromatic N) is 3. The van der Waals surface area contributed by atoms with E-state index >= 15 is 0 Å². The molecule has 2 heterocycles. The zero-order valence-electron chi connectivity index (χ0n) is 17.7. The zero-order chi connectivity index (χ0) is 21.5. The van der Waals surface area contributed by atoms with Gasteiger partial charge in [-0.05, 0) is 69.2 Å². The standard InChI is InChI=1S/C22H28N4O3S/c1-15-19(16(2)24-22(23-15)30-3)10-11-21(28)29-14-20(27)25-17-6-8-18(9-7-17)26-12-4-5-13-26/h6-9H,4-5,10-14H2,1-3H3,(H,25,27). The van der Waals surface area contributed by atoms with Gasteiger partial charge in [0.25, 0.3) is 5.91 Å². The SMILES string of the molecule is CSc1nc(C)c(CCC(=O)OCC(=O)Nc2ccc(N3CCCC3)cc2)c(C)n1. The summed E-state index contributed by atoms with van der Waals surface area (Å²) >= 11 is 1.49. The van der Waals surface area contributed by atoms with Crippen LogP contribution in [0.15, 0.2) is 29.4 Å². The fraction of sp³-hybridized carbons (Fsp3) is 0.455. The van der Waals surface area contributed by atoms with Gasteiger partial charge in [-0.3, -0.25) is 9.59 Å². The molecule has 1 N–H and O–H groups in total. The van der Waals surface area contributed by atoms with Crippen LogP contribution in [0.3, 0.4) is 0 Å². The smallest absolute Gasteiger partial charge is 0.306 e. The first-order valence-electron chi connectivity index (χ1n) is 10.1. The maximum Gasteiger partial charge on any atom is 0.306 e. The lowest BCUT2D eigenvalue weighted by Crippen LogP contribution is -2.21. The van der Waals surface area contributed by atoms with E-state index in [2.05, 4.69) is 20.2 Å². The van der Waals surface area contributed by atoms with Gasteiger partial charge < -0.3 is 15.0 Å². The van der Waals surface area contributed by atoms with Gasteiger partial charge in [0.05, 0.1) is 0 Å². The number of ether oxygens (including phenoxy) is 1. The van der Waals surface area contributed by atoms with Gasteiger partial charge >= 0.3 is 5.97 Å². The van der Waals surface area contributed by atoms with Gasteiger partial charge in [-0.2, -0.15) is 0 Å². The summed E-state index contributed by atoms with van der Waals surface area (Å²) in [5.41, 5.74) is 4.55. The molecule has 8 heteroatoms. The second-order valence-corrected chi connectivity index (χ2v) is 8.08. The Hall–Kier alpha value is -2.61. The monoisotopic (exact) mass is 428 g/mol. The van der Waals surface area contributed by atoms with Crippen LogP contribution in [0.1, 0.15) is 36.2 Å². The van der Waals surface area contributed by atoms with Gasteiger partial charge in [-0.15, -0.1) is 0 Å². The van der Waals surface area contributed by atoms with E-state index in [0.29, 0.717) is 12.1 Å². The number of thioether (sulfide) groups is 1. The summed E-state index contributed by atoms with van der Waals surface area (Å²) in [6.07, 6.45) is 5.04. The van der Waals surface area contributed by atoms with E-state index < -0.39 is 5.97 Å². The molecule has 1 aromatic carbocycles. The molecule has 0 bridgehead atoms. The molecule has 2 aromatic rings. The summed E-state index contributed by atoms with van der Waals surface area (Å²) in [5, 5.41) is 3.49. The van der Waals surface area contributed by atoms with Crippen molar-refractivity contribution in [1.82, 2.24) is 9.97 Å². The highest BCUT2D eigenvalue weighted by Crippen LogP contribution is 2.22. The fourth-order valence-electron chi connectivity index (χ4n) is 3.54. The Morgan fingerprint density at radius 3 is 2.33 bits per heavy atom. The number of carbonyl (C=O) groups is 2. The minimum atomic E-state index is -0.415. The van der Waals surface area contributed by atoms with Crippen LogP contribution in [-0.4, -0.2) is 47.8 Å². The van der Waals surface area contributed by atoms with Gasteiger partial charge in [0.2, 0.25) is 0 Å². The summed E-state index contributed by atoms with van der Waals surface area (Å²) in [7, 11) is 0. The van der Waals surface area contributed by atoms with Crippen LogP contribution in [0.5, 0.6) is 0 Å². The van der Waals surface area contributed by atoms with Crippen molar-refractivity contribution in [2.24, 2.45) is 0 Å². The first-order valence-corrected chi connectivity index (χ1v) is 11.4. The Bertz CT molecular complexity index is 873. The Morgan fingerprint density at radius 1 is 1.10 bits per heavy atom. The maximum atomic E-state index is 12.1. The van der Waals surface area contributed by atoms with Gasteiger partial charge in [-0.25, -0.2) is 9.97 Å². The predicted octanol–water partition coefficient (Wildman–Crippen LogP) is 3.53. The van der Waals surface area contributed by atoms with Crippen molar-refractivity contribution in [1.29, 1.82) is 0 Å². The van der Waals surface area contributed by atoms with Crippen molar-refractivity contribution in [2.75, 3.05) is 36.2 Å². The van der Waals surface area contributed by atoms with E-state index in [4.69, 9.17) is 4.74 Å². The Morgan fingerprint density at radius 2 is 1.73 bits per heavy atom. The van der Waals surface area contributed by atoms with E-state index in [9.17, 15) is 9.59 Å². The molecule has 0 aliphatic carbocycles. The molecule has 160 valence electrons. The number of amides is 1. The molecule has 30 heavy (non-hydrogen) atoms. The molecule has 1 amide bonds. The third kappa shape index (κ3) is 5.95. The lowest BCUT2D eigenvalue weighted by atomic mass is 10.1. The van der Waals surface area contributed by atoms with Crippen molar-refractivity contribution in [3.05, 3.63) is 41.2 Å². The first-order chi connectivity index (χ1) is 14.5. The zero-order valence-corrected chi connectivity index (χ0v) is 18.6. The molecule has 0 radical (unpaired) electrons. The van der Waals surface area contributed by atoms with Gasteiger partial charge in [-0.1, -0.05) is 11.8 Å². The van der Waals surface area contributed by atoms with E-state index in [0.717, 1.165) is 40.9 Å². The third-order valence-electron chi connectivity index (χ3n) is 5.15. The topological polar surface area (TPSA) is 84.4 Å². The number of hydrogen-bond donors (Lipinski definition) is 1. The normalized spacial score (nSPS) is 13.4. The molecule has 1 fully saturated rings. The van der Waals surface area contributed by atoms with Gasteiger partial charge in [0.15, 0.2) is 11.8 Å². The lowest BCUT2D eigenvalue weighted by Gasteiger charge is -2.17. The molecule has 0 spiro atoms. The van der Waals surface area contributed by atoms with Gasteiger partial charge in [0, 0.05) is 42.3 Å². The summed E-state index contributed by atoms with van der Waals surface area (Å²) in [4.78, 5) is 35.3. The van der Waals surface area contributed by atoms with E-state index in [1.807, 2.05) is 44.4 Å². The van der Waals surface area contributed by atoms with Gasteiger partial charge in [0.1, 0.15) is 0 Å². The predicted molar refractivity (Wildman–Crippen MR) is 119 cm³/mol. The molecule has 0 saturated carbocycles. The molecule has 3 rings (SSSR count). The minimum absolute atomic E-state index is 0.182. The number of aromatic nitrogens is 2. The molecule has 7 nitrogen and oxygen atoms in total. The second kappa shape index (κ2) is 10.4. The summed E-state index contributed by atoms with van der Waals surface area (Å²) < 4.78 is 5.12. The molecule has 0 unspecified atom stereocenters. The van der Waals surface area contributed by atoms with Crippen LogP contribution < -0.4 is 10.2 Å². The van der Waals surface area contributed by atoms with Crippen LogP contribution in [0.25, 0.3) is 0 Å². The fourth-order valence-corrected chi connectivity index (χ4v) is 3.99. The molecule has 0 atom stereocenters. The van der Waals surface area contributed by atoms with E-state index in [1.165, 1.54) is 24.6 Å². The largest absolute Gasteiger partial charge is 0.456 e. The maximum absolute atomic E-state index is 12.1. The Kier molecular flexibility index (Phi) is 7.68. The highest BCUT2D eigenvalue weighted by atomic mass is 32.2. The molecular formula is C22H28N4O3S. The number of rotatable bonds is 8. The van der Waals surface area contributed by atoms with Crippen LogP contribution in [0, 0.1) is 13.8 Å². The minimum Gasteiger partial charge on any atom is -0.456 e. The van der Waals surface area contributed by atoms with Crippen molar-refractivity contribution < 1.29 is 14.3 Å². The number of hydrogen-bond acceptors (Lipinski definition) is 7. The van der Waals surface area contributed by atoms with Crippen LogP contribution >= 0.6 is 11.8 Å². The van der Waals surface area contributed by atoms with Crippen molar-refractivity contribution >= 4 is 35.0 Å². The summed E-state index contributed by atoms with van der Waals surface area (Å²) in [6, 6.07) is 7.75. The molecule has 1 aliphatic rings. The average molecular weight is 429 g/mol. The number of esters is 1. The van der Waals surface area contributed by atoms with Crippen LogP contribution in [-0.2, 0) is 20.7 Å². The quantitative estimate of drug-likeness (QED) is 0.391. The summed E-state index contributed by atoms with van der Waals surface area (Å²) in [5.74, 6) is -0.764. The van der Waals surface area contributed by atoms with Crippen LogP contribution in [0.4, 0.5) is 11.4 Å². The highest BCUT2D eigenvalue weighted by Gasteiger charge is 2.14. The lowest BCUT2D eigenvalue weighted by molar-refractivity contribution is -0.147. The first kappa shape index (κ1) is 22.1. The van der Waals surface area contributed by atoms with Crippen molar-refractivity contribution in [3.8, 4) is 0 Å².